The van der Waals surface area contributed by atoms with Crippen molar-refractivity contribution in [1.82, 2.24) is 9.97 Å². The van der Waals surface area contributed by atoms with Gasteiger partial charge >= 0.3 is 0 Å². The van der Waals surface area contributed by atoms with Crippen LogP contribution >= 0.6 is 15.9 Å². The van der Waals surface area contributed by atoms with Gasteiger partial charge in [-0.2, -0.15) is 0 Å². The van der Waals surface area contributed by atoms with Gasteiger partial charge in [0.1, 0.15) is 10.4 Å². The van der Waals surface area contributed by atoms with Gasteiger partial charge in [-0.05, 0) is 29.8 Å². The van der Waals surface area contributed by atoms with Crippen LogP contribution in [0, 0.1) is 0 Å². The minimum atomic E-state index is 0.249. The van der Waals surface area contributed by atoms with E-state index in [2.05, 4.69) is 44.6 Å². The van der Waals surface area contributed by atoms with Crippen molar-refractivity contribution in [2.45, 2.75) is 26.1 Å². The normalized spacial score (nSPS) is 26.7. The number of hydrogen-bond acceptors (Lipinski definition) is 4. The Morgan fingerprint density at radius 2 is 1.93 bits per heavy atom. The first-order chi connectivity index (χ1) is 7.15. The molecule has 0 radical (unpaired) electrons. The number of ether oxygens (including phenoxy) is 1. The highest BCUT2D eigenvalue weighted by Gasteiger charge is 2.23. The lowest BCUT2D eigenvalue weighted by Gasteiger charge is -2.35. The fourth-order valence-corrected chi connectivity index (χ4v) is 2.04. The van der Waals surface area contributed by atoms with E-state index in [1.807, 2.05) is 0 Å². The van der Waals surface area contributed by atoms with Crippen molar-refractivity contribution in [3.8, 4) is 0 Å². The minimum Gasteiger partial charge on any atom is -0.372 e. The van der Waals surface area contributed by atoms with Gasteiger partial charge in [0.15, 0.2) is 0 Å². The highest BCUT2D eigenvalue weighted by Crippen LogP contribution is 2.17. The predicted octanol–water partition coefficient (Wildman–Crippen LogP) is 1.85. The minimum absolute atomic E-state index is 0.249. The molecule has 4 nitrogen and oxygen atoms in total. The van der Waals surface area contributed by atoms with Crippen LogP contribution in [0.25, 0.3) is 0 Å². The molecule has 5 heteroatoms. The second-order valence-corrected chi connectivity index (χ2v) is 4.67. The molecule has 1 fully saturated rings. The third kappa shape index (κ3) is 2.66. The molecule has 0 amide bonds. The molecule has 0 unspecified atom stereocenters. The summed E-state index contributed by atoms with van der Waals surface area (Å²) in [6, 6.07) is 0. The zero-order chi connectivity index (χ0) is 10.8. The van der Waals surface area contributed by atoms with Gasteiger partial charge in [0, 0.05) is 13.1 Å². The van der Waals surface area contributed by atoms with E-state index in [1.54, 1.807) is 12.4 Å². The van der Waals surface area contributed by atoms with Crippen molar-refractivity contribution in [3.63, 3.8) is 0 Å². The molecule has 0 aliphatic carbocycles. The number of aromatic nitrogens is 2. The maximum absolute atomic E-state index is 5.66. The molecule has 0 spiro atoms. The lowest BCUT2D eigenvalue weighted by Crippen LogP contribution is -2.45. The van der Waals surface area contributed by atoms with Crippen LogP contribution in [0.5, 0.6) is 0 Å². The third-order valence-corrected chi connectivity index (χ3v) is 2.76. The summed E-state index contributed by atoms with van der Waals surface area (Å²) in [6.07, 6.45) is 4.01. The average Bonchev–Trinajstić information content (AvgIpc) is 2.17. The third-order valence-electron chi connectivity index (χ3n) is 2.35. The zero-order valence-electron chi connectivity index (χ0n) is 8.85. The van der Waals surface area contributed by atoms with Crippen LogP contribution in [0.3, 0.4) is 0 Å². The number of anilines is 1. The first-order valence-corrected chi connectivity index (χ1v) is 5.82. The van der Waals surface area contributed by atoms with Gasteiger partial charge in [0.25, 0.3) is 0 Å². The molecule has 0 bridgehead atoms. The Morgan fingerprint density at radius 3 is 2.47 bits per heavy atom. The average molecular weight is 272 g/mol. The topological polar surface area (TPSA) is 38.2 Å². The Bertz CT molecular complexity index is 320. The number of nitrogens with zero attached hydrogens (tertiary/aromatic N) is 3. The van der Waals surface area contributed by atoms with Gasteiger partial charge in [-0.15, -0.1) is 0 Å². The van der Waals surface area contributed by atoms with E-state index in [0.717, 1.165) is 23.5 Å². The molecule has 1 aliphatic rings. The summed E-state index contributed by atoms with van der Waals surface area (Å²) < 4.78 is 6.43. The Kier molecular flexibility index (Phi) is 3.21. The molecule has 1 aliphatic heterocycles. The van der Waals surface area contributed by atoms with Crippen molar-refractivity contribution in [2.75, 3.05) is 18.0 Å². The molecule has 0 N–H and O–H groups in total. The maximum Gasteiger partial charge on any atom is 0.147 e. The molecular weight excluding hydrogens is 258 g/mol. The van der Waals surface area contributed by atoms with Crippen LogP contribution in [-0.4, -0.2) is 35.3 Å². The first kappa shape index (κ1) is 10.8. The lowest BCUT2D eigenvalue weighted by atomic mass is 10.2. The first-order valence-electron chi connectivity index (χ1n) is 5.03. The summed E-state index contributed by atoms with van der Waals surface area (Å²) in [7, 11) is 0. The standard InChI is InChI=1S/C10H14BrN3O/c1-7-5-14(6-8(2)15-7)10-4-12-9(11)3-13-10/h3-4,7-8H,5-6H2,1-2H3/t7-,8+. The summed E-state index contributed by atoms with van der Waals surface area (Å²) in [5.74, 6) is 0.917. The van der Waals surface area contributed by atoms with E-state index >= 15 is 0 Å². The summed E-state index contributed by atoms with van der Waals surface area (Å²) in [6.45, 7) is 5.91. The van der Waals surface area contributed by atoms with E-state index in [1.165, 1.54) is 0 Å². The van der Waals surface area contributed by atoms with Crippen molar-refractivity contribution < 1.29 is 4.74 Å². The molecule has 1 saturated heterocycles. The van der Waals surface area contributed by atoms with Crippen molar-refractivity contribution in [2.24, 2.45) is 0 Å². The fraction of sp³-hybridized carbons (Fsp3) is 0.600. The van der Waals surface area contributed by atoms with Crippen LogP contribution in [0.4, 0.5) is 5.82 Å². The molecule has 0 aromatic carbocycles. The van der Waals surface area contributed by atoms with Gasteiger partial charge in [-0.25, -0.2) is 9.97 Å². The highest BCUT2D eigenvalue weighted by atomic mass is 79.9. The number of rotatable bonds is 1. The monoisotopic (exact) mass is 271 g/mol. The lowest BCUT2D eigenvalue weighted by molar-refractivity contribution is -0.00547. The largest absolute Gasteiger partial charge is 0.372 e. The van der Waals surface area contributed by atoms with Gasteiger partial charge in [0.2, 0.25) is 0 Å². The van der Waals surface area contributed by atoms with E-state index in [0.29, 0.717) is 0 Å². The van der Waals surface area contributed by atoms with Gasteiger partial charge in [-0.1, -0.05) is 0 Å². The summed E-state index contributed by atoms with van der Waals surface area (Å²) >= 11 is 3.28. The Hall–Kier alpha value is -0.680. The predicted molar refractivity (Wildman–Crippen MR) is 62.0 cm³/mol. The number of hydrogen-bond donors (Lipinski definition) is 0. The van der Waals surface area contributed by atoms with Crippen molar-refractivity contribution >= 4 is 21.7 Å². The molecule has 1 aromatic heterocycles. The number of morpholine rings is 1. The molecule has 2 atom stereocenters. The molecule has 1 aromatic rings. The van der Waals surface area contributed by atoms with E-state index in [-0.39, 0.29) is 12.2 Å². The summed E-state index contributed by atoms with van der Waals surface area (Å²) in [5, 5.41) is 0. The Labute approximate surface area is 97.8 Å². The van der Waals surface area contributed by atoms with Gasteiger partial charge in [0.05, 0.1) is 24.6 Å². The van der Waals surface area contributed by atoms with E-state index in [9.17, 15) is 0 Å². The smallest absolute Gasteiger partial charge is 0.147 e. The SMILES string of the molecule is C[C@@H]1CN(c2cnc(Br)cn2)C[C@H](C)O1. The molecule has 0 saturated carbocycles. The van der Waals surface area contributed by atoms with E-state index in [4.69, 9.17) is 4.74 Å². The van der Waals surface area contributed by atoms with Crippen molar-refractivity contribution in [3.05, 3.63) is 17.0 Å². The molecule has 82 valence electrons. The highest BCUT2D eigenvalue weighted by molar-refractivity contribution is 9.10. The zero-order valence-corrected chi connectivity index (χ0v) is 10.4. The Morgan fingerprint density at radius 1 is 1.27 bits per heavy atom. The fourth-order valence-electron chi connectivity index (χ4n) is 1.83. The summed E-state index contributed by atoms with van der Waals surface area (Å²) in [5.41, 5.74) is 0. The summed E-state index contributed by atoms with van der Waals surface area (Å²) in [4.78, 5) is 10.7. The maximum atomic E-state index is 5.66. The number of halogens is 1. The quantitative estimate of drug-likeness (QED) is 0.782. The second-order valence-electron chi connectivity index (χ2n) is 3.86. The Balaban J connectivity index is 2.12. The van der Waals surface area contributed by atoms with Crippen LogP contribution < -0.4 is 4.90 Å². The van der Waals surface area contributed by atoms with Crippen LogP contribution in [0.15, 0.2) is 17.0 Å². The van der Waals surface area contributed by atoms with Crippen molar-refractivity contribution in [1.29, 1.82) is 0 Å². The van der Waals surface area contributed by atoms with E-state index < -0.39 is 0 Å². The molecule has 2 rings (SSSR count). The van der Waals surface area contributed by atoms with Gasteiger partial charge < -0.3 is 9.64 Å². The second kappa shape index (κ2) is 4.45. The van der Waals surface area contributed by atoms with Crippen LogP contribution in [0.2, 0.25) is 0 Å². The molecular formula is C10H14BrN3O. The van der Waals surface area contributed by atoms with Crippen LogP contribution in [-0.2, 0) is 4.74 Å². The van der Waals surface area contributed by atoms with Gasteiger partial charge in [-0.3, -0.25) is 0 Å². The van der Waals surface area contributed by atoms with Crippen LogP contribution in [0.1, 0.15) is 13.8 Å². The molecule has 15 heavy (non-hydrogen) atoms. The molecule has 2 heterocycles.